The summed E-state index contributed by atoms with van der Waals surface area (Å²) in [7, 11) is 3.35. The average molecular weight is 511 g/mol. The highest BCUT2D eigenvalue weighted by atomic mass is 16.5. The van der Waals surface area contributed by atoms with Gasteiger partial charge in [0.05, 0.1) is 25.9 Å². The summed E-state index contributed by atoms with van der Waals surface area (Å²) >= 11 is 0. The molecule has 0 saturated carbocycles. The third kappa shape index (κ3) is 4.92. The van der Waals surface area contributed by atoms with Crippen molar-refractivity contribution in [1.82, 2.24) is 25.8 Å². The number of likely N-dealkylation sites (N-methyl/N-ethyl adjacent to an activating group) is 1. The zero-order chi connectivity index (χ0) is 26.6. The molecule has 9 nitrogen and oxygen atoms in total. The van der Waals surface area contributed by atoms with Crippen molar-refractivity contribution in [3.63, 3.8) is 0 Å². The standard InChI is InChI=1S/C29H30N6O3/c1-18(30-2)28(36)33-24-12-9-19-6-4-5-7-25(19)35(29(24)37)17-23-22-11-8-21(27-31-14-15-32-34-27)16-20(22)10-13-26(23)38-3/h4-8,10-11,13-16,18,24,30H,9,12,17H2,1-3H3,(H,33,36). The van der Waals surface area contributed by atoms with Crippen LogP contribution in [0.5, 0.6) is 5.75 Å². The van der Waals surface area contributed by atoms with E-state index in [1.54, 1.807) is 38.4 Å². The smallest absolute Gasteiger partial charge is 0.249 e. The van der Waals surface area contributed by atoms with Crippen molar-refractivity contribution in [2.45, 2.75) is 38.4 Å². The molecule has 0 saturated heterocycles. The Labute approximate surface area is 221 Å². The first-order valence-electron chi connectivity index (χ1n) is 12.6. The third-order valence-corrected chi connectivity index (χ3v) is 7.06. The van der Waals surface area contributed by atoms with E-state index >= 15 is 0 Å². The van der Waals surface area contributed by atoms with Gasteiger partial charge in [-0.05, 0) is 61.3 Å². The fourth-order valence-corrected chi connectivity index (χ4v) is 4.85. The number of nitrogens with zero attached hydrogens (tertiary/aromatic N) is 4. The molecule has 3 aromatic carbocycles. The molecule has 2 amide bonds. The van der Waals surface area contributed by atoms with Crippen molar-refractivity contribution < 1.29 is 14.3 Å². The normalized spacial score (nSPS) is 16.0. The largest absolute Gasteiger partial charge is 0.496 e. The van der Waals surface area contributed by atoms with Crippen LogP contribution >= 0.6 is 0 Å². The molecule has 0 aliphatic carbocycles. The highest BCUT2D eigenvalue weighted by Gasteiger charge is 2.33. The van der Waals surface area contributed by atoms with Gasteiger partial charge >= 0.3 is 0 Å². The Balaban J connectivity index is 1.56. The SMILES string of the molecule is CNC(C)C(=O)NC1CCc2ccccc2N(Cc2c(OC)ccc3cc(-c4nccnn4)ccc23)C1=O. The zero-order valence-electron chi connectivity index (χ0n) is 21.6. The maximum Gasteiger partial charge on any atom is 0.249 e. The zero-order valence-corrected chi connectivity index (χ0v) is 21.6. The first kappa shape index (κ1) is 25.3. The van der Waals surface area contributed by atoms with Crippen molar-refractivity contribution in [3.8, 4) is 17.1 Å². The molecule has 0 spiro atoms. The molecule has 9 heteroatoms. The summed E-state index contributed by atoms with van der Waals surface area (Å²) in [5, 5.41) is 15.9. The van der Waals surface area contributed by atoms with Gasteiger partial charge in [0.15, 0.2) is 5.82 Å². The number of anilines is 1. The molecule has 0 radical (unpaired) electrons. The van der Waals surface area contributed by atoms with Crippen LogP contribution in [0.2, 0.25) is 0 Å². The molecular weight excluding hydrogens is 480 g/mol. The minimum absolute atomic E-state index is 0.147. The second kappa shape index (κ2) is 10.9. The maximum atomic E-state index is 14.0. The number of hydrogen-bond acceptors (Lipinski definition) is 7. The van der Waals surface area contributed by atoms with Crippen LogP contribution in [0.3, 0.4) is 0 Å². The van der Waals surface area contributed by atoms with Crippen LogP contribution in [0.25, 0.3) is 22.2 Å². The number of methoxy groups -OCH3 is 1. The van der Waals surface area contributed by atoms with Crippen LogP contribution < -0.4 is 20.3 Å². The third-order valence-electron chi connectivity index (χ3n) is 7.06. The highest BCUT2D eigenvalue weighted by Crippen LogP contribution is 2.35. The fourth-order valence-electron chi connectivity index (χ4n) is 4.85. The van der Waals surface area contributed by atoms with E-state index in [0.29, 0.717) is 24.4 Å². The number of amides is 2. The highest BCUT2D eigenvalue weighted by molar-refractivity contribution is 6.02. The monoisotopic (exact) mass is 510 g/mol. The van der Waals surface area contributed by atoms with Crippen LogP contribution in [0.1, 0.15) is 24.5 Å². The van der Waals surface area contributed by atoms with E-state index < -0.39 is 12.1 Å². The molecule has 1 aliphatic heterocycles. The Morgan fingerprint density at radius 1 is 1.16 bits per heavy atom. The van der Waals surface area contributed by atoms with Crippen LogP contribution in [0.4, 0.5) is 5.69 Å². The lowest BCUT2D eigenvalue weighted by atomic mass is 9.99. The summed E-state index contributed by atoms with van der Waals surface area (Å²) in [6.45, 7) is 2.06. The van der Waals surface area contributed by atoms with Gasteiger partial charge in [-0.25, -0.2) is 4.98 Å². The summed E-state index contributed by atoms with van der Waals surface area (Å²) in [5.41, 5.74) is 3.63. The van der Waals surface area contributed by atoms with Crippen molar-refractivity contribution >= 4 is 28.3 Å². The second-order valence-electron chi connectivity index (χ2n) is 9.31. The minimum atomic E-state index is -0.638. The Morgan fingerprint density at radius 3 is 2.76 bits per heavy atom. The van der Waals surface area contributed by atoms with Gasteiger partial charge < -0.3 is 20.3 Å². The molecule has 0 fully saturated rings. The Bertz CT molecular complexity index is 1480. The fraction of sp³-hybridized carbons (Fsp3) is 0.276. The molecule has 4 aromatic rings. The van der Waals surface area contributed by atoms with Gasteiger partial charge in [0.1, 0.15) is 11.8 Å². The molecule has 194 valence electrons. The van der Waals surface area contributed by atoms with E-state index in [2.05, 4.69) is 25.8 Å². The summed E-state index contributed by atoms with van der Waals surface area (Å²) in [6.07, 6.45) is 4.35. The summed E-state index contributed by atoms with van der Waals surface area (Å²) in [5.74, 6) is 0.871. The Morgan fingerprint density at radius 2 is 2.00 bits per heavy atom. The summed E-state index contributed by atoms with van der Waals surface area (Å²) in [4.78, 5) is 32.7. The van der Waals surface area contributed by atoms with Gasteiger partial charge in [0.2, 0.25) is 11.8 Å². The first-order chi connectivity index (χ1) is 18.5. The lowest BCUT2D eigenvalue weighted by molar-refractivity contribution is -0.128. The van der Waals surface area contributed by atoms with E-state index in [0.717, 1.165) is 33.2 Å². The predicted molar refractivity (Wildman–Crippen MR) is 146 cm³/mol. The lowest BCUT2D eigenvalue weighted by Crippen LogP contribution is -2.52. The van der Waals surface area contributed by atoms with Crippen LogP contribution in [0.15, 0.2) is 67.0 Å². The van der Waals surface area contributed by atoms with Crippen molar-refractivity contribution in [3.05, 3.63) is 78.1 Å². The first-order valence-corrected chi connectivity index (χ1v) is 12.6. The van der Waals surface area contributed by atoms with Crippen molar-refractivity contribution in [1.29, 1.82) is 0 Å². The summed E-state index contributed by atoms with van der Waals surface area (Å²) < 4.78 is 5.75. The molecule has 38 heavy (non-hydrogen) atoms. The number of nitrogens with one attached hydrogen (secondary N) is 2. The molecule has 2 unspecified atom stereocenters. The van der Waals surface area contributed by atoms with Gasteiger partial charge in [-0.2, -0.15) is 5.10 Å². The van der Waals surface area contributed by atoms with Crippen molar-refractivity contribution in [2.75, 3.05) is 19.1 Å². The van der Waals surface area contributed by atoms with Crippen LogP contribution in [-0.4, -0.2) is 53.2 Å². The Hall–Kier alpha value is -4.37. The predicted octanol–water partition coefficient (Wildman–Crippen LogP) is 3.27. The van der Waals surface area contributed by atoms with E-state index in [9.17, 15) is 9.59 Å². The molecule has 2 heterocycles. The summed E-state index contributed by atoms with van der Waals surface area (Å²) in [6, 6.07) is 16.7. The van der Waals surface area contributed by atoms with Crippen molar-refractivity contribution in [2.24, 2.45) is 0 Å². The average Bonchev–Trinajstić information content (AvgIpc) is 3.09. The number of aryl methyl sites for hydroxylation is 1. The van der Waals surface area contributed by atoms with E-state index in [4.69, 9.17) is 4.74 Å². The topological polar surface area (TPSA) is 109 Å². The number of carbonyl (C=O) groups excluding carboxylic acids is 2. The van der Waals surface area contributed by atoms with E-state index in [1.165, 1.54) is 0 Å². The number of rotatable bonds is 7. The van der Waals surface area contributed by atoms with Gasteiger partial charge in [0.25, 0.3) is 0 Å². The van der Waals surface area contributed by atoms with Crippen LogP contribution in [0, 0.1) is 0 Å². The van der Waals surface area contributed by atoms with E-state index in [-0.39, 0.29) is 18.4 Å². The lowest BCUT2D eigenvalue weighted by Gasteiger charge is -2.28. The molecule has 2 N–H and O–H groups in total. The number of aromatic nitrogens is 3. The number of para-hydroxylation sites is 1. The number of hydrogen-bond donors (Lipinski definition) is 2. The molecule has 0 bridgehead atoms. The molecular formula is C29H30N6O3. The maximum absolute atomic E-state index is 14.0. The van der Waals surface area contributed by atoms with E-state index in [1.807, 2.05) is 54.6 Å². The number of ether oxygens (including phenoxy) is 1. The minimum Gasteiger partial charge on any atom is -0.496 e. The number of carbonyl (C=O) groups is 2. The van der Waals surface area contributed by atoms with Gasteiger partial charge in [-0.3, -0.25) is 9.59 Å². The van der Waals surface area contributed by atoms with Gasteiger partial charge in [0, 0.05) is 23.0 Å². The number of fused-ring (bicyclic) bond motifs is 2. The Kier molecular flexibility index (Phi) is 7.28. The molecule has 2 atom stereocenters. The van der Waals surface area contributed by atoms with Gasteiger partial charge in [-0.1, -0.05) is 36.4 Å². The van der Waals surface area contributed by atoms with Crippen LogP contribution in [-0.2, 0) is 22.6 Å². The van der Waals surface area contributed by atoms with Gasteiger partial charge in [-0.15, -0.1) is 5.10 Å². The quantitative estimate of drug-likeness (QED) is 0.393. The number of benzene rings is 3. The molecule has 1 aliphatic rings. The molecule has 1 aromatic heterocycles. The molecule has 5 rings (SSSR count). The second-order valence-corrected chi connectivity index (χ2v) is 9.31.